The van der Waals surface area contributed by atoms with Crippen molar-refractivity contribution in [3.05, 3.63) is 83.6 Å². The zero-order chi connectivity index (χ0) is 21.2. The van der Waals surface area contributed by atoms with Crippen LogP contribution in [-0.4, -0.2) is 38.2 Å². The number of carbonyl (C=O) groups is 1. The lowest BCUT2D eigenvalue weighted by atomic mass is 10.1. The van der Waals surface area contributed by atoms with E-state index in [4.69, 9.17) is 9.47 Å². The van der Waals surface area contributed by atoms with Crippen LogP contribution in [0.15, 0.2) is 66.9 Å². The molecule has 0 aliphatic carbocycles. The molecule has 3 rings (SSSR count). The number of amides is 1. The third kappa shape index (κ3) is 5.98. The highest BCUT2D eigenvalue weighted by Crippen LogP contribution is 2.27. The molecule has 1 aromatic heterocycles. The van der Waals surface area contributed by atoms with E-state index in [0.29, 0.717) is 24.4 Å². The Kier molecular flexibility index (Phi) is 7.66. The van der Waals surface area contributed by atoms with E-state index in [-0.39, 0.29) is 5.91 Å². The van der Waals surface area contributed by atoms with Crippen LogP contribution in [-0.2, 0) is 12.8 Å². The summed E-state index contributed by atoms with van der Waals surface area (Å²) in [5.74, 6) is 2.05. The molecule has 2 aromatic carbocycles. The molecule has 2 N–H and O–H groups in total. The topological polar surface area (TPSA) is 72.5 Å². The highest BCUT2D eigenvalue weighted by atomic mass is 16.5. The average Bonchev–Trinajstić information content (AvgIpc) is 2.80. The number of aromatic nitrogens is 1. The molecule has 0 aliphatic heterocycles. The molecule has 0 unspecified atom stereocenters. The zero-order valence-electron chi connectivity index (χ0n) is 17.4. The SMILES string of the molecule is COc1ccc(CCNc2ccc(C(=O)NCCc3ccccc3)cn2)cc1OC. The van der Waals surface area contributed by atoms with Gasteiger partial charge in [-0.15, -0.1) is 0 Å². The Morgan fingerprint density at radius 1 is 0.867 bits per heavy atom. The second-order valence-corrected chi connectivity index (χ2v) is 6.79. The molecule has 30 heavy (non-hydrogen) atoms. The van der Waals surface area contributed by atoms with Crippen LogP contribution in [0.5, 0.6) is 11.5 Å². The summed E-state index contributed by atoms with van der Waals surface area (Å²) < 4.78 is 10.6. The predicted octanol–water partition coefficient (Wildman–Crippen LogP) is 3.73. The van der Waals surface area contributed by atoms with Gasteiger partial charge in [-0.2, -0.15) is 0 Å². The molecule has 0 radical (unpaired) electrons. The van der Waals surface area contributed by atoms with Crippen molar-refractivity contribution < 1.29 is 14.3 Å². The van der Waals surface area contributed by atoms with Gasteiger partial charge < -0.3 is 20.1 Å². The second-order valence-electron chi connectivity index (χ2n) is 6.79. The average molecular weight is 405 g/mol. The molecular weight excluding hydrogens is 378 g/mol. The van der Waals surface area contributed by atoms with Crippen LogP contribution in [0.25, 0.3) is 0 Å². The quantitative estimate of drug-likeness (QED) is 0.538. The maximum atomic E-state index is 12.3. The summed E-state index contributed by atoms with van der Waals surface area (Å²) in [4.78, 5) is 16.6. The Labute approximate surface area is 177 Å². The Morgan fingerprint density at radius 2 is 1.63 bits per heavy atom. The van der Waals surface area contributed by atoms with Gasteiger partial charge in [-0.1, -0.05) is 36.4 Å². The molecule has 6 nitrogen and oxygen atoms in total. The normalized spacial score (nSPS) is 10.3. The van der Waals surface area contributed by atoms with E-state index < -0.39 is 0 Å². The van der Waals surface area contributed by atoms with Crippen LogP contribution in [0.3, 0.4) is 0 Å². The first-order valence-corrected chi connectivity index (χ1v) is 9.92. The monoisotopic (exact) mass is 405 g/mol. The van der Waals surface area contributed by atoms with Gasteiger partial charge in [-0.25, -0.2) is 4.98 Å². The van der Waals surface area contributed by atoms with E-state index in [0.717, 1.165) is 30.0 Å². The number of rotatable bonds is 10. The van der Waals surface area contributed by atoms with Gasteiger partial charge in [0, 0.05) is 19.3 Å². The third-order valence-electron chi connectivity index (χ3n) is 4.74. The molecule has 0 spiro atoms. The summed E-state index contributed by atoms with van der Waals surface area (Å²) in [5, 5.41) is 6.21. The second kappa shape index (κ2) is 10.9. The van der Waals surface area contributed by atoms with Gasteiger partial charge in [0.1, 0.15) is 5.82 Å². The minimum Gasteiger partial charge on any atom is -0.493 e. The van der Waals surface area contributed by atoms with Gasteiger partial charge in [0.25, 0.3) is 5.91 Å². The lowest BCUT2D eigenvalue weighted by molar-refractivity contribution is 0.0954. The van der Waals surface area contributed by atoms with Gasteiger partial charge in [0.2, 0.25) is 0 Å². The van der Waals surface area contributed by atoms with Crippen LogP contribution in [0.4, 0.5) is 5.82 Å². The Bertz CT molecular complexity index is 944. The van der Waals surface area contributed by atoms with Crippen molar-refractivity contribution in [1.29, 1.82) is 0 Å². The lowest BCUT2D eigenvalue weighted by Crippen LogP contribution is -2.25. The van der Waals surface area contributed by atoms with E-state index >= 15 is 0 Å². The van der Waals surface area contributed by atoms with Crippen LogP contribution in [0.1, 0.15) is 21.5 Å². The lowest BCUT2D eigenvalue weighted by Gasteiger charge is -2.10. The van der Waals surface area contributed by atoms with Gasteiger partial charge in [0.15, 0.2) is 11.5 Å². The number of methoxy groups -OCH3 is 2. The summed E-state index contributed by atoms with van der Waals surface area (Å²) in [6, 6.07) is 19.6. The molecule has 0 saturated heterocycles. The highest BCUT2D eigenvalue weighted by Gasteiger charge is 2.07. The Balaban J connectivity index is 1.44. The van der Waals surface area contributed by atoms with Crippen LogP contribution in [0, 0.1) is 0 Å². The molecule has 0 atom stereocenters. The molecule has 0 fully saturated rings. The molecule has 0 bridgehead atoms. The fourth-order valence-corrected chi connectivity index (χ4v) is 3.07. The van der Waals surface area contributed by atoms with Gasteiger partial charge in [-0.05, 0) is 48.2 Å². The number of benzene rings is 2. The summed E-state index contributed by atoms with van der Waals surface area (Å²) in [5.41, 5.74) is 2.88. The molecule has 3 aromatic rings. The predicted molar refractivity (Wildman–Crippen MR) is 118 cm³/mol. The molecular formula is C24H27N3O3. The number of nitrogens with zero attached hydrogens (tertiary/aromatic N) is 1. The molecule has 6 heteroatoms. The number of hydrogen-bond acceptors (Lipinski definition) is 5. The fourth-order valence-electron chi connectivity index (χ4n) is 3.07. The summed E-state index contributed by atoms with van der Waals surface area (Å²) in [6.07, 6.45) is 3.20. The van der Waals surface area contributed by atoms with Crippen LogP contribution < -0.4 is 20.1 Å². The largest absolute Gasteiger partial charge is 0.493 e. The first-order chi connectivity index (χ1) is 14.7. The molecule has 0 aliphatic rings. The minimum absolute atomic E-state index is 0.115. The van der Waals surface area contributed by atoms with Gasteiger partial charge in [0.05, 0.1) is 19.8 Å². The molecule has 156 valence electrons. The van der Waals surface area contributed by atoms with Crippen molar-refractivity contribution in [2.24, 2.45) is 0 Å². The minimum atomic E-state index is -0.115. The van der Waals surface area contributed by atoms with E-state index in [9.17, 15) is 4.79 Å². The van der Waals surface area contributed by atoms with Gasteiger partial charge in [-0.3, -0.25) is 4.79 Å². The summed E-state index contributed by atoms with van der Waals surface area (Å²) >= 11 is 0. The maximum Gasteiger partial charge on any atom is 0.252 e. The number of anilines is 1. The number of ether oxygens (including phenoxy) is 2. The molecule has 0 saturated carbocycles. The molecule has 1 heterocycles. The Morgan fingerprint density at radius 3 is 2.33 bits per heavy atom. The van der Waals surface area contributed by atoms with Crippen molar-refractivity contribution in [3.63, 3.8) is 0 Å². The van der Waals surface area contributed by atoms with Crippen molar-refractivity contribution >= 4 is 11.7 Å². The smallest absolute Gasteiger partial charge is 0.252 e. The summed E-state index contributed by atoms with van der Waals surface area (Å²) in [7, 11) is 3.25. The third-order valence-corrected chi connectivity index (χ3v) is 4.74. The van der Waals surface area contributed by atoms with Crippen LogP contribution in [0.2, 0.25) is 0 Å². The maximum absolute atomic E-state index is 12.3. The van der Waals surface area contributed by atoms with Crippen molar-refractivity contribution in [1.82, 2.24) is 10.3 Å². The van der Waals surface area contributed by atoms with E-state index in [1.54, 1.807) is 26.5 Å². The van der Waals surface area contributed by atoms with Crippen molar-refractivity contribution in [2.45, 2.75) is 12.8 Å². The van der Waals surface area contributed by atoms with Crippen molar-refractivity contribution in [2.75, 3.05) is 32.6 Å². The standard InChI is InChI=1S/C24H27N3O3/c1-29-21-10-8-19(16-22(21)30-2)13-14-25-23-11-9-20(17-27-23)24(28)26-15-12-18-6-4-3-5-7-18/h3-11,16-17H,12-15H2,1-2H3,(H,25,27)(H,26,28). The van der Waals surface area contributed by atoms with Crippen LogP contribution >= 0.6 is 0 Å². The van der Waals surface area contributed by atoms with E-state index in [2.05, 4.69) is 27.8 Å². The molecule has 1 amide bonds. The zero-order valence-corrected chi connectivity index (χ0v) is 17.4. The first-order valence-electron chi connectivity index (χ1n) is 9.92. The number of carbonyl (C=O) groups excluding carboxylic acids is 1. The number of nitrogens with one attached hydrogen (secondary N) is 2. The first kappa shape index (κ1) is 21.2. The highest BCUT2D eigenvalue weighted by molar-refractivity contribution is 5.94. The van der Waals surface area contributed by atoms with E-state index in [1.165, 1.54) is 5.56 Å². The summed E-state index contributed by atoms with van der Waals surface area (Å²) in [6.45, 7) is 1.30. The number of hydrogen-bond donors (Lipinski definition) is 2. The number of pyridine rings is 1. The Hall–Kier alpha value is -3.54. The van der Waals surface area contributed by atoms with Crippen molar-refractivity contribution in [3.8, 4) is 11.5 Å². The van der Waals surface area contributed by atoms with E-state index in [1.807, 2.05) is 42.5 Å². The van der Waals surface area contributed by atoms with Gasteiger partial charge >= 0.3 is 0 Å². The fraction of sp³-hybridized carbons (Fsp3) is 0.250.